The summed E-state index contributed by atoms with van der Waals surface area (Å²) in [4.78, 5) is 25.8. The number of amides is 1. The smallest absolute Gasteiger partial charge is 0.414 e. The van der Waals surface area contributed by atoms with Crippen LogP contribution in [0, 0.1) is 6.92 Å². The van der Waals surface area contributed by atoms with Crippen molar-refractivity contribution >= 4 is 17.7 Å². The van der Waals surface area contributed by atoms with E-state index >= 15 is 0 Å². The predicted octanol–water partition coefficient (Wildman–Crippen LogP) is 4.33. The second-order valence-corrected chi connectivity index (χ2v) is 5.51. The zero-order valence-corrected chi connectivity index (χ0v) is 14.8. The Morgan fingerprint density at radius 3 is 2.32 bits per heavy atom. The summed E-state index contributed by atoms with van der Waals surface area (Å²) in [6.45, 7) is 6.50. The first kappa shape index (κ1) is 18.5. The number of aryl methyl sites for hydroxylation is 1. The van der Waals surface area contributed by atoms with Crippen molar-refractivity contribution in [2.45, 2.75) is 27.4 Å². The highest BCUT2D eigenvalue weighted by atomic mass is 16.6. The van der Waals surface area contributed by atoms with Gasteiger partial charge in [0.1, 0.15) is 6.61 Å². The van der Waals surface area contributed by atoms with Crippen molar-refractivity contribution in [1.29, 1.82) is 0 Å². The molecular formula is C20H23NO4. The Morgan fingerprint density at radius 1 is 1.00 bits per heavy atom. The second kappa shape index (κ2) is 8.87. The van der Waals surface area contributed by atoms with Gasteiger partial charge in [-0.05, 0) is 50.1 Å². The van der Waals surface area contributed by atoms with Crippen LogP contribution in [0.2, 0.25) is 0 Å². The van der Waals surface area contributed by atoms with Crippen LogP contribution in [-0.2, 0) is 16.1 Å². The second-order valence-electron chi connectivity index (χ2n) is 5.51. The van der Waals surface area contributed by atoms with E-state index in [0.29, 0.717) is 24.4 Å². The average Bonchev–Trinajstić information content (AvgIpc) is 2.63. The minimum atomic E-state index is -0.418. The minimum absolute atomic E-state index is 0.218. The van der Waals surface area contributed by atoms with Crippen molar-refractivity contribution < 1.29 is 19.1 Å². The highest BCUT2D eigenvalue weighted by Crippen LogP contribution is 2.23. The maximum Gasteiger partial charge on any atom is 0.414 e. The number of carbonyl (C=O) groups excluding carboxylic acids is 2. The summed E-state index contributed by atoms with van der Waals surface area (Å²) >= 11 is 0. The van der Waals surface area contributed by atoms with Crippen LogP contribution in [0.5, 0.6) is 0 Å². The number of ether oxygens (including phenoxy) is 2. The molecule has 0 atom stereocenters. The molecule has 0 fully saturated rings. The molecule has 0 saturated carbocycles. The number of anilines is 1. The van der Waals surface area contributed by atoms with E-state index in [4.69, 9.17) is 9.47 Å². The molecule has 0 aromatic heterocycles. The van der Waals surface area contributed by atoms with Crippen LogP contribution in [0.4, 0.5) is 10.5 Å². The molecule has 5 heteroatoms. The van der Waals surface area contributed by atoms with Crippen LogP contribution in [0.15, 0.2) is 48.5 Å². The summed E-state index contributed by atoms with van der Waals surface area (Å²) in [6.07, 6.45) is -0.418. The maximum absolute atomic E-state index is 12.4. The Balaban J connectivity index is 2.11. The number of carbonyl (C=O) groups is 2. The van der Waals surface area contributed by atoms with Crippen molar-refractivity contribution in [3.8, 4) is 0 Å². The van der Waals surface area contributed by atoms with Gasteiger partial charge in [0.05, 0.1) is 12.2 Å². The third kappa shape index (κ3) is 4.83. The van der Waals surface area contributed by atoms with E-state index in [0.717, 1.165) is 11.1 Å². The van der Waals surface area contributed by atoms with E-state index in [1.54, 1.807) is 30.0 Å². The van der Waals surface area contributed by atoms with Gasteiger partial charge in [-0.25, -0.2) is 9.59 Å². The van der Waals surface area contributed by atoms with Gasteiger partial charge < -0.3 is 9.47 Å². The molecule has 0 N–H and O–H groups in total. The third-order valence-corrected chi connectivity index (χ3v) is 3.74. The van der Waals surface area contributed by atoms with Gasteiger partial charge in [-0.3, -0.25) is 4.90 Å². The van der Waals surface area contributed by atoms with Gasteiger partial charge >= 0.3 is 12.1 Å². The van der Waals surface area contributed by atoms with Crippen molar-refractivity contribution in [1.82, 2.24) is 0 Å². The molecule has 0 saturated heterocycles. The highest BCUT2D eigenvalue weighted by Gasteiger charge is 2.19. The lowest BCUT2D eigenvalue weighted by molar-refractivity contribution is 0.0526. The first-order valence-electron chi connectivity index (χ1n) is 8.32. The molecular weight excluding hydrogens is 318 g/mol. The monoisotopic (exact) mass is 341 g/mol. The lowest BCUT2D eigenvalue weighted by Crippen LogP contribution is -2.31. The quantitative estimate of drug-likeness (QED) is 0.734. The molecule has 2 rings (SSSR count). The summed E-state index contributed by atoms with van der Waals surface area (Å²) in [5.74, 6) is -0.369. The Hall–Kier alpha value is -2.82. The fourth-order valence-corrected chi connectivity index (χ4v) is 2.49. The van der Waals surface area contributed by atoms with Crippen molar-refractivity contribution in [3.05, 3.63) is 65.2 Å². The number of hydrogen-bond acceptors (Lipinski definition) is 4. The van der Waals surface area contributed by atoms with Crippen molar-refractivity contribution in [2.75, 3.05) is 18.1 Å². The Labute approximate surface area is 148 Å². The topological polar surface area (TPSA) is 55.8 Å². The Bertz CT molecular complexity index is 728. The number of nitrogens with zero attached hydrogens (tertiary/aromatic N) is 1. The zero-order valence-electron chi connectivity index (χ0n) is 14.8. The molecule has 0 aliphatic rings. The first-order valence-corrected chi connectivity index (χ1v) is 8.32. The SMILES string of the molecule is CCOC(=O)c1ccc(N(CC)C(=O)OCc2ccccc2)c(C)c1. The summed E-state index contributed by atoms with van der Waals surface area (Å²) in [5, 5.41) is 0. The largest absolute Gasteiger partial charge is 0.462 e. The minimum Gasteiger partial charge on any atom is -0.462 e. The van der Waals surface area contributed by atoms with E-state index < -0.39 is 6.09 Å². The van der Waals surface area contributed by atoms with Crippen LogP contribution >= 0.6 is 0 Å². The third-order valence-electron chi connectivity index (χ3n) is 3.74. The van der Waals surface area contributed by atoms with Gasteiger partial charge in [0.25, 0.3) is 0 Å². The van der Waals surface area contributed by atoms with Crippen LogP contribution in [0.25, 0.3) is 0 Å². The lowest BCUT2D eigenvalue weighted by Gasteiger charge is -2.22. The normalized spacial score (nSPS) is 10.2. The molecule has 132 valence electrons. The number of rotatable bonds is 6. The molecule has 2 aromatic carbocycles. The molecule has 0 aliphatic heterocycles. The lowest BCUT2D eigenvalue weighted by atomic mass is 10.1. The Kier molecular flexibility index (Phi) is 6.57. The molecule has 0 aliphatic carbocycles. The number of hydrogen-bond donors (Lipinski definition) is 0. The molecule has 5 nitrogen and oxygen atoms in total. The predicted molar refractivity (Wildman–Crippen MR) is 96.8 cm³/mol. The Morgan fingerprint density at radius 2 is 1.72 bits per heavy atom. The first-order chi connectivity index (χ1) is 12.1. The van der Waals surface area contributed by atoms with Crippen LogP contribution in [0.3, 0.4) is 0 Å². The van der Waals surface area contributed by atoms with Gasteiger partial charge in [-0.1, -0.05) is 30.3 Å². The van der Waals surface area contributed by atoms with Gasteiger partial charge in [-0.15, -0.1) is 0 Å². The van der Waals surface area contributed by atoms with Crippen molar-refractivity contribution in [2.24, 2.45) is 0 Å². The van der Waals surface area contributed by atoms with E-state index in [1.165, 1.54) is 0 Å². The van der Waals surface area contributed by atoms with Gasteiger partial charge in [0.2, 0.25) is 0 Å². The zero-order chi connectivity index (χ0) is 18.2. The molecule has 1 amide bonds. The summed E-state index contributed by atoms with van der Waals surface area (Å²) in [6, 6.07) is 14.7. The van der Waals surface area contributed by atoms with E-state index in [-0.39, 0.29) is 12.6 Å². The summed E-state index contributed by atoms with van der Waals surface area (Å²) in [5.41, 5.74) is 2.93. The highest BCUT2D eigenvalue weighted by molar-refractivity contribution is 5.93. The molecule has 0 spiro atoms. The standard InChI is InChI=1S/C20H23NO4/c1-4-21(20(23)25-14-16-9-7-6-8-10-16)18-12-11-17(13-15(18)3)19(22)24-5-2/h6-13H,4-5,14H2,1-3H3. The molecule has 0 heterocycles. The summed E-state index contributed by atoms with van der Waals surface area (Å²) in [7, 11) is 0. The fraction of sp³-hybridized carbons (Fsp3) is 0.300. The van der Waals surface area contributed by atoms with Gasteiger partial charge in [0, 0.05) is 12.2 Å². The molecule has 25 heavy (non-hydrogen) atoms. The van der Waals surface area contributed by atoms with Crippen LogP contribution < -0.4 is 4.90 Å². The number of benzene rings is 2. The molecule has 2 aromatic rings. The fourth-order valence-electron chi connectivity index (χ4n) is 2.49. The van der Waals surface area contributed by atoms with E-state index in [9.17, 15) is 9.59 Å². The summed E-state index contributed by atoms with van der Waals surface area (Å²) < 4.78 is 10.4. The average molecular weight is 341 g/mol. The molecule has 0 unspecified atom stereocenters. The molecule has 0 radical (unpaired) electrons. The van der Waals surface area contributed by atoms with Gasteiger partial charge in [0.15, 0.2) is 0 Å². The van der Waals surface area contributed by atoms with Crippen molar-refractivity contribution in [3.63, 3.8) is 0 Å². The van der Waals surface area contributed by atoms with Crippen LogP contribution in [-0.4, -0.2) is 25.2 Å². The van der Waals surface area contributed by atoms with E-state index in [1.807, 2.05) is 44.2 Å². The van der Waals surface area contributed by atoms with E-state index in [2.05, 4.69) is 0 Å². The van der Waals surface area contributed by atoms with Crippen LogP contribution in [0.1, 0.15) is 35.3 Å². The molecule has 0 bridgehead atoms. The maximum atomic E-state index is 12.4. The van der Waals surface area contributed by atoms with Gasteiger partial charge in [-0.2, -0.15) is 0 Å². The number of esters is 1.